The first kappa shape index (κ1) is 81.5. The number of hydrogen-bond acceptors (Lipinski definition) is 17. The van der Waals surface area contributed by atoms with Crippen molar-refractivity contribution >= 4 is 0 Å². The van der Waals surface area contributed by atoms with Crippen molar-refractivity contribution in [3.05, 3.63) is 187 Å². The van der Waals surface area contributed by atoms with Crippen molar-refractivity contribution in [2.45, 2.75) is 166 Å². The average Bonchev–Trinajstić information content (AvgIpc) is 3.46. The maximum Gasteiger partial charge on any atom is 0.147 e. The molecule has 0 radical (unpaired) electrons. The molecule has 8 aromatic heterocycles. The molecule has 0 bridgehead atoms. The Labute approximate surface area is 437 Å². The summed E-state index contributed by atoms with van der Waals surface area (Å²) >= 11 is 0. The van der Waals surface area contributed by atoms with Gasteiger partial charge in [0.15, 0.2) is 0 Å². The second-order valence-electron chi connectivity index (χ2n) is 10.8. The third-order valence-electron chi connectivity index (χ3n) is 5.55. The molecule has 0 aliphatic rings. The highest BCUT2D eigenvalue weighted by molar-refractivity contribution is 5.05. The minimum Gasteiger partial charge on any atom is -0.265 e. The van der Waals surface area contributed by atoms with Crippen molar-refractivity contribution in [1.29, 1.82) is 0 Å². The maximum atomic E-state index is 3.92. The maximum absolute atomic E-state index is 3.92. The van der Waals surface area contributed by atoms with Crippen LogP contribution in [0.3, 0.4) is 0 Å². The van der Waals surface area contributed by atoms with Gasteiger partial charge in [-0.1, -0.05) is 111 Å². The molecule has 72 heavy (non-hydrogen) atoms. The van der Waals surface area contributed by atoms with Crippen molar-refractivity contribution in [2.24, 2.45) is 0 Å². The highest BCUT2D eigenvalue weighted by Crippen LogP contribution is 1.89. The minimum absolute atomic E-state index is 0.711. The number of rotatable bonds is 0. The molecule has 8 aromatic rings. The van der Waals surface area contributed by atoms with Crippen molar-refractivity contribution in [3.63, 3.8) is 0 Å². The van der Waals surface area contributed by atoms with Gasteiger partial charge in [0.05, 0.1) is 35.7 Å². The molecule has 400 valence electrons. The van der Waals surface area contributed by atoms with Crippen LogP contribution >= 0.6 is 0 Å². The molecule has 17 nitrogen and oxygen atoms in total. The lowest BCUT2D eigenvalue weighted by atomic mass is 10.3. The molecular formula is C55H95N17. The third kappa shape index (κ3) is 74.1. The normalized spacial score (nSPS) is 7.44. The lowest BCUT2D eigenvalue weighted by molar-refractivity contribution is 0.907. The fraction of sp³-hybridized carbons (Fsp3) is 0.436. The van der Waals surface area contributed by atoms with E-state index in [1.54, 1.807) is 106 Å². The smallest absolute Gasteiger partial charge is 0.147 e. The van der Waals surface area contributed by atoms with Crippen LogP contribution in [-0.4, -0.2) is 85.6 Å². The van der Waals surface area contributed by atoms with Crippen LogP contribution in [0.1, 0.15) is 156 Å². The molecule has 0 aromatic carbocycles. The summed E-state index contributed by atoms with van der Waals surface area (Å²) in [5, 5.41) is 29.0. The summed E-state index contributed by atoms with van der Waals surface area (Å²) in [4.78, 5) is 34.4. The first-order chi connectivity index (χ1) is 35.2. The van der Waals surface area contributed by atoms with Gasteiger partial charge in [0, 0.05) is 74.4 Å². The van der Waals surface area contributed by atoms with E-state index in [2.05, 4.69) is 85.6 Å². The summed E-state index contributed by atoms with van der Waals surface area (Å²) in [5.74, 6) is 1.53. The van der Waals surface area contributed by atoms with Crippen LogP contribution in [0.15, 0.2) is 142 Å². The molecule has 0 saturated carbocycles. The van der Waals surface area contributed by atoms with Crippen molar-refractivity contribution in [3.8, 4) is 0 Å². The molecule has 0 fully saturated rings. The summed E-state index contributed by atoms with van der Waals surface area (Å²) in [6, 6.07) is 11.4. The second-order valence-corrected chi connectivity index (χ2v) is 10.8. The van der Waals surface area contributed by atoms with Gasteiger partial charge in [-0.2, -0.15) is 30.6 Å². The van der Waals surface area contributed by atoms with Gasteiger partial charge in [0.25, 0.3) is 0 Å². The number of pyridine rings is 1. The van der Waals surface area contributed by atoms with Crippen LogP contribution in [0, 0.1) is 55.4 Å². The number of nitrogens with zero attached hydrogens (tertiary/aromatic N) is 17. The zero-order valence-corrected chi connectivity index (χ0v) is 48.9. The Morgan fingerprint density at radius 1 is 0.250 bits per heavy atom. The first-order valence-electron chi connectivity index (χ1n) is 24.9. The Bertz CT molecular complexity index is 1550. The van der Waals surface area contributed by atoms with Gasteiger partial charge >= 0.3 is 0 Å². The number of hydrogen-bond donors (Lipinski definition) is 0. The Kier molecular flexibility index (Phi) is 88.1. The van der Waals surface area contributed by atoms with Crippen LogP contribution in [0.25, 0.3) is 0 Å². The predicted molar refractivity (Wildman–Crippen MR) is 303 cm³/mol. The van der Waals surface area contributed by atoms with E-state index < -0.39 is 0 Å². The van der Waals surface area contributed by atoms with Gasteiger partial charge in [-0.3, -0.25) is 15.0 Å². The van der Waals surface area contributed by atoms with E-state index >= 15 is 0 Å². The van der Waals surface area contributed by atoms with Crippen molar-refractivity contribution in [1.82, 2.24) is 85.6 Å². The lowest BCUT2D eigenvalue weighted by Crippen LogP contribution is -1.85. The summed E-state index contributed by atoms with van der Waals surface area (Å²) < 4.78 is 0. The van der Waals surface area contributed by atoms with Gasteiger partial charge in [-0.15, -0.1) is 10.2 Å². The molecule has 0 aliphatic carbocycles. The van der Waals surface area contributed by atoms with E-state index in [1.165, 1.54) is 18.2 Å². The van der Waals surface area contributed by atoms with Crippen LogP contribution < -0.4 is 0 Å². The van der Waals surface area contributed by atoms with E-state index in [0.717, 1.165) is 34.0 Å². The van der Waals surface area contributed by atoms with Gasteiger partial charge in [0.2, 0.25) is 0 Å². The fourth-order valence-electron chi connectivity index (χ4n) is 2.91. The summed E-state index contributed by atoms with van der Waals surface area (Å²) in [7, 11) is 0. The molecule has 8 heterocycles. The minimum atomic E-state index is 0.711. The topological polar surface area (TPSA) is 219 Å². The third-order valence-corrected chi connectivity index (χ3v) is 5.55. The largest absolute Gasteiger partial charge is 0.265 e. The summed E-state index contributed by atoms with van der Waals surface area (Å²) in [5.41, 5.74) is 6.28. The number of aromatic nitrogens is 17. The molecule has 17 heteroatoms. The highest BCUT2D eigenvalue weighted by Gasteiger charge is 1.79. The molecule has 0 saturated heterocycles. The van der Waals surface area contributed by atoms with E-state index in [9.17, 15) is 0 Å². The molecular weight excluding hydrogens is 899 g/mol. The fourth-order valence-corrected chi connectivity index (χ4v) is 2.91. The quantitative estimate of drug-likeness (QED) is 0.138. The highest BCUT2D eigenvalue weighted by atomic mass is 15.1. The Morgan fingerprint density at radius 3 is 0.958 bits per heavy atom. The predicted octanol–water partition coefficient (Wildman–Crippen LogP) is 13.9. The first-order valence-corrected chi connectivity index (χ1v) is 24.9. The Morgan fingerprint density at radius 2 is 0.736 bits per heavy atom. The SMILES string of the molecule is CC.CC.CC.CC.CC.CC.CC.CC.Cc1cccnn1.Cc1ccncc1.Cc1ccnnc1.Cc1cnccn1.Cc1cncnc1.Cc1cncnn1.Cc1ncccn1.Cc1nccnn1. The van der Waals surface area contributed by atoms with Crippen LogP contribution in [0.2, 0.25) is 0 Å². The van der Waals surface area contributed by atoms with Gasteiger partial charge < -0.3 is 0 Å². The summed E-state index contributed by atoms with van der Waals surface area (Å²) in [6.45, 7) is 47.3. The Hall–Kier alpha value is -7.43. The second kappa shape index (κ2) is 77.8. The Balaban J connectivity index is -0.000000104. The molecule has 0 atom stereocenters. The van der Waals surface area contributed by atoms with Gasteiger partial charge in [-0.25, -0.2) is 29.9 Å². The molecule has 0 N–H and O–H groups in total. The standard InChI is InChI=1S/C6H7N.5C5H6N2.2C4H5N3.8C2H6/c1-6-2-4-7-5-3-6;1-5-2-6-4-7-3-5;1-5-4-6-2-3-7-5;1-5-2-3-6-7-4-5;1-5-6-3-2-4-7-5;1-5-3-2-4-6-7-5;1-4-2-5-3-6-7-4;1-4-5-2-3-6-7-4;8*1-2/h2-5H,1H3;5*2-4H,1H3;2*2-3H,1H3;8*1-2H3. The molecule has 0 spiro atoms. The van der Waals surface area contributed by atoms with Crippen LogP contribution in [-0.2, 0) is 0 Å². The molecule has 0 unspecified atom stereocenters. The van der Waals surface area contributed by atoms with Crippen molar-refractivity contribution in [2.75, 3.05) is 0 Å². The zero-order valence-electron chi connectivity index (χ0n) is 48.9. The van der Waals surface area contributed by atoms with Crippen molar-refractivity contribution < 1.29 is 0 Å². The number of aryl methyl sites for hydroxylation is 8. The zero-order chi connectivity index (χ0) is 56.9. The van der Waals surface area contributed by atoms with Gasteiger partial charge in [-0.05, 0) is 108 Å². The molecule has 0 amide bonds. The van der Waals surface area contributed by atoms with E-state index in [1.807, 2.05) is 190 Å². The van der Waals surface area contributed by atoms with Gasteiger partial charge in [0.1, 0.15) is 24.3 Å². The van der Waals surface area contributed by atoms with Crippen LogP contribution in [0.4, 0.5) is 0 Å². The van der Waals surface area contributed by atoms with E-state index in [0.29, 0.717) is 5.82 Å². The molecule has 0 aliphatic heterocycles. The summed E-state index contributed by atoms with van der Waals surface area (Å²) in [6.07, 6.45) is 28.4. The monoisotopic (exact) mass is 994 g/mol. The van der Waals surface area contributed by atoms with Crippen LogP contribution in [0.5, 0.6) is 0 Å². The van der Waals surface area contributed by atoms with E-state index in [-0.39, 0.29) is 0 Å². The molecule has 8 rings (SSSR count). The van der Waals surface area contributed by atoms with E-state index in [4.69, 9.17) is 0 Å². The lowest BCUT2D eigenvalue weighted by Gasteiger charge is -1.82. The average molecular weight is 994 g/mol.